The molecule has 1 unspecified atom stereocenters. The van der Waals surface area contributed by atoms with Crippen LogP contribution in [0.5, 0.6) is 0 Å². The summed E-state index contributed by atoms with van der Waals surface area (Å²) in [6, 6.07) is 6.12. The first-order valence-electron chi connectivity index (χ1n) is 8.69. The maximum Gasteiger partial charge on any atom is 0.163 e. The number of rotatable bonds is 1. The minimum Gasteiger partial charge on any atom is -0.295 e. The van der Waals surface area contributed by atoms with Crippen LogP contribution in [0.1, 0.15) is 66.9 Å². The van der Waals surface area contributed by atoms with Crippen molar-refractivity contribution in [1.29, 1.82) is 0 Å². The van der Waals surface area contributed by atoms with Gasteiger partial charge < -0.3 is 0 Å². The summed E-state index contributed by atoms with van der Waals surface area (Å²) in [6.45, 7) is 4.34. The van der Waals surface area contributed by atoms with E-state index in [9.17, 15) is 9.59 Å². The summed E-state index contributed by atoms with van der Waals surface area (Å²) in [6.07, 6.45) is 14.7. The lowest BCUT2D eigenvalue weighted by atomic mass is 9.81. The van der Waals surface area contributed by atoms with Gasteiger partial charge in [0.05, 0.1) is 0 Å². The Morgan fingerprint density at radius 1 is 1.04 bits per heavy atom. The molecule has 0 fully saturated rings. The number of hydrogen-bond acceptors (Lipinski definition) is 2. The molecule has 1 aromatic rings. The first-order chi connectivity index (χ1) is 11.4. The van der Waals surface area contributed by atoms with Gasteiger partial charge in [0.15, 0.2) is 11.6 Å². The highest BCUT2D eigenvalue weighted by Crippen LogP contribution is 2.32. The molecule has 0 aromatic heterocycles. The van der Waals surface area contributed by atoms with Crippen LogP contribution < -0.4 is 0 Å². The number of carbonyl (C=O) groups is 2. The molecular formula is C22H24O2. The molecule has 3 rings (SSSR count). The van der Waals surface area contributed by atoms with Crippen LogP contribution in [-0.4, -0.2) is 11.6 Å². The fourth-order valence-corrected chi connectivity index (χ4v) is 3.29. The Kier molecular flexibility index (Phi) is 4.66. The van der Waals surface area contributed by atoms with Crippen molar-refractivity contribution in [2.45, 2.75) is 45.4 Å². The summed E-state index contributed by atoms with van der Waals surface area (Å²) < 4.78 is 0. The summed E-state index contributed by atoms with van der Waals surface area (Å²) >= 11 is 0. The molecule has 2 aliphatic rings. The highest BCUT2D eigenvalue weighted by Gasteiger charge is 2.22. The molecule has 0 spiro atoms. The molecule has 0 saturated carbocycles. The van der Waals surface area contributed by atoms with E-state index >= 15 is 0 Å². The SMILES string of the molecule is CC1(C)/C=C/c2cc(C3/C=C\C=C\C(=O)CC3)ccc2C(=O)CC1. The first kappa shape index (κ1) is 16.6. The number of Topliss-reactive ketones (excluding diaryl/α,β-unsaturated/α-hetero) is 1. The average molecular weight is 320 g/mol. The molecular weight excluding hydrogens is 296 g/mol. The second-order valence-corrected chi connectivity index (χ2v) is 7.45. The molecule has 1 atom stereocenters. The molecule has 2 aliphatic carbocycles. The van der Waals surface area contributed by atoms with Crippen LogP contribution in [0.15, 0.2) is 48.6 Å². The Morgan fingerprint density at radius 2 is 1.88 bits per heavy atom. The molecule has 0 aliphatic heterocycles. The maximum atomic E-state index is 12.5. The van der Waals surface area contributed by atoms with Gasteiger partial charge in [0.2, 0.25) is 0 Å². The average Bonchev–Trinajstić information content (AvgIpc) is 2.54. The normalized spacial score (nSPS) is 27.2. The van der Waals surface area contributed by atoms with Crippen molar-refractivity contribution in [3.05, 3.63) is 65.3 Å². The zero-order valence-corrected chi connectivity index (χ0v) is 14.4. The minimum atomic E-state index is 0.0424. The minimum absolute atomic E-state index is 0.0424. The van der Waals surface area contributed by atoms with Crippen molar-refractivity contribution >= 4 is 17.6 Å². The van der Waals surface area contributed by atoms with Gasteiger partial charge in [-0.05, 0) is 35.5 Å². The van der Waals surface area contributed by atoms with Crippen LogP contribution in [0.4, 0.5) is 0 Å². The van der Waals surface area contributed by atoms with Crippen molar-refractivity contribution in [2.24, 2.45) is 5.41 Å². The second-order valence-electron chi connectivity index (χ2n) is 7.45. The standard InChI is InChI=1S/C22H24O2/c1-22(2)13-11-18-15-17(8-10-20(18)21(24)12-14-22)16-5-3-4-6-19(23)9-7-16/h3-6,8,10-11,13,15-16H,7,9,12,14H2,1-2H3/b5-3-,6-4+,13-11+. The van der Waals surface area contributed by atoms with E-state index in [0.29, 0.717) is 12.8 Å². The number of fused-ring (bicyclic) bond motifs is 1. The zero-order chi connectivity index (χ0) is 17.2. The van der Waals surface area contributed by atoms with E-state index in [1.165, 1.54) is 5.56 Å². The molecule has 2 heteroatoms. The Hall–Kier alpha value is -2.22. The quantitative estimate of drug-likeness (QED) is 0.707. The summed E-state index contributed by atoms with van der Waals surface area (Å²) in [5.74, 6) is 0.610. The number of hydrogen-bond donors (Lipinski definition) is 0. The summed E-state index contributed by atoms with van der Waals surface area (Å²) in [7, 11) is 0. The smallest absolute Gasteiger partial charge is 0.163 e. The molecule has 24 heavy (non-hydrogen) atoms. The predicted molar refractivity (Wildman–Crippen MR) is 98.1 cm³/mol. The zero-order valence-electron chi connectivity index (χ0n) is 14.4. The predicted octanol–water partition coefficient (Wildman–Crippen LogP) is 5.26. The molecule has 0 amide bonds. The molecule has 0 bridgehead atoms. The Labute approximate surface area is 144 Å². The fourth-order valence-electron chi connectivity index (χ4n) is 3.29. The van der Waals surface area contributed by atoms with Crippen molar-refractivity contribution in [3.8, 4) is 0 Å². The van der Waals surface area contributed by atoms with Crippen LogP contribution in [-0.2, 0) is 4.79 Å². The van der Waals surface area contributed by atoms with E-state index in [1.54, 1.807) is 6.08 Å². The monoisotopic (exact) mass is 320 g/mol. The van der Waals surface area contributed by atoms with Crippen LogP contribution in [0.3, 0.4) is 0 Å². The highest BCUT2D eigenvalue weighted by atomic mass is 16.1. The molecule has 0 heterocycles. The molecule has 1 aromatic carbocycles. The van der Waals surface area contributed by atoms with Crippen molar-refractivity contribution in [1.82, 2.24) is 0 Å². The topological polar surface area (TPSA) is 34.1 Å². The largest absolute Gasteiger partial charge is 0.295 e. The maximum absolute atomic E-state index is 12.5. The number of benzene rings is 1. The first-order valence-corrected chi connectivity index (χ1v) is 8.69. The third kappa shape index (κ3) is 3.81. The van der Waals surface area contributed by atoms with Gasteiger partial charge >= 0.3 is 0 Å². The Balaban J connectivity index is 1.97. The number of ketones is 2. The van der Waals surface area contributed by atoms with Gasteiger partial charge in [0.25, 0.3) is 0 Å². The van der Waals surface area contributed by atoms with Gasteiger partial charge in [-0.25, -0.2) is 0 Å². The van der Waals surface area contributed by atoms with Gasteiger partial charge in [0, 0.05) is 24.3 Å². The summed E-state index contributed by atoms with van der Waals surface area (Å²) in [4.78, 5) is 24.1. The van der Waals surface area contributed by atoms with E-state index in [2.05, 4.69) is 38.1 Å². The molecule has 124 valence electrons. The lowest BCUT2D eigenvalue weighted by molar-refractivity contribution is -0.114. The van der Waals surface area contributed by atoms with E-state index in [1.807, 2.05) is 24.3 Å². The summed E-state index contributed by atoms with van der Waals surface area (Å²) in [5, 5.41) is 0. The number of allylic oxidation sites excluding steroid dienone is 5. The third-order valence-corrected chi connectivity index (χ3v) is 4.95. The van der Waals surface area contributed by atoms with Gasteiger partial charge in [-0.2, -0.15) is 0 Å². The fraction of sp³-hybridized carbons (Fsp3) is 0.364. The lowest BCUT2D eigenvalue weighted by Crippen LogP contribution is -2.14. The summed E-state index contributed by atoms with van der Waals surface area (Å²) in [5.41, 5.74) is 3.03. The third-order valence-electron chi connectivity index (χ3n) is 4.95. The van der Waals surface area contributed by atoms with Crippen molar-refractivity contribution in [2.75, 3.05) is 0 Å². The van der Waals surface area contributed by atoms with Crippen LogP contribution in [0.25, 0.3) is 6.08 Å². The van der Waals surface area contributed by atoms with Crippen LogP contribution in [0.2, 0.25) is 0 Å². The molecule has 2 nitrogen and oxygen atoms in total. The Morgan fingerprint density at radius 3 is 2.71 bits per heavy atom. The highest BCUT2D eigenvalue weighted by molar-refractivity contribution is 6.00. The molecule has 0 radical (unpaired) electrons. The van der Waals surface area contributed by atoms with E-state index < -0.39 is 0 Å². The van der Waals surface area contributed by atoms with E-state index in [4.69, 9.17) is 0 Å². The van der Waals surface area contributed by atoms with E-state index in [0.717, 1.165) is 24.0 Å². The van der Waals surface area contributed by atoms with Crippen molar-refractivity contribution < 1.29 is 9.59 Å². The van der Waals surface area contributed by atoms with Gasteiger partial charge in [-0.3, -0.25) is 9.59 Å². The van der Waals surface area contributed by atoms with Crippen molar-refractivity contribution in [3.63, 3.8) is 0 Å². The number of carbonyl (C=O) groups excluding carboxylic acids is 2. The Bertz CT molecular complexity index is 747. The molecule has 0 N–H and O–H groups in total. The second kappa shape index (κ2) is 6.72. The van der Waals surface area contributed by atoms with Gasteiger partial charge in [-0.1, -0.05) is 62.4 Å². The molecule has 0 saturated heterocycles. The lowest BCUT2D eigenvalue weighted by Gasteiger charge is -2.23. The van der Waals surface area contributed by atoms with E-state index in [-0.39, 0.29) is 22.9 Å². The van der Waals surface area contributed by atoms with Gasteiger partial charge in [0.1, 0.15) is 0 Å². The van der Waals surface area contributed by atoms with Gasteiger partial charge in [-0.15, -0.1) is 0 Å². The van der Waals surface area contributed by atoms with Crippen LogP contribution in [0, 0.1) is 5.41 Å². The van der Waals surface area contributed by atoms with Crippen LogP contribution >= 0.6 is 0 Å².